The summed E-state index contributed by atoms with van der Waals surface area (Å²) in [4.78, 5) is 2.31. The van der Waals surface area contributed by atoms with E-state index >= 15 is 0 Å². The first-order valence-electron chi connectivity index (χ1n) is 5.36. The maximum absolute atomic E-state index is 5.36. The van der Waals surface area contributed by atoms with Gasteiger partial charge in [0.15, 0.2) is 0 Å². The minimum atomic E-state index is 0.790. The summed E-state index contributed by atoms with van der Waals surface area (Å²) in [5.74, 6) is 0. The Balaban J connectivity index is 2.53. The molecule has 1 aromatic rings. The van der Waals surface area contributed by atoms with Crippen molar-refractivity contribution in [3.63, 3.8) is 0 Å². The van der Waals surface area contributed by atoms with Gasteiger partial charge in [0.25, 0.3) is 0 Å². The van der Waals surface area contributed by atoms with Gasteiger partial charge in [0.1, 0.15) is 0 Å². The minimum Gasteiger partial charge on any atom is -0.380 e. The van der Waals surface area contributed by atoms with E-state index in [1.165, 1.54) is 5.69 Å². The molecule has 0 aliphatic carbocycles. The SMILES string of the molecule is CCOCCN(CC)c1ccc(Br)cc1. The van der Waals surface area contributed by atoms with E-state index < -0.39 is 0 Å². The third kappa shape index (κ3) is 4.22. The zero-order valence-corrected chi connectivity index (χ0v) is 11.0. The zero-order chi connectivity index (χ0) is 11.1. The molecule has 0 bridgehead atoms. The number of rotatable bonds is 6. The van der Waals surface area contributed by atoms with Gasteiger partial charge < -0.3 is 9.64 Å². The molecule has 1 rings (SSSR count). The van der Waals surface area contributed by atoms with Crippen molar-refractivity contribution in [2.24, 2.45) is 0 Å². The lowest BCUT2D eigenvalue weighted by Crippen LogP contribution is -2.27. The van der Waals surface area contributed by atoms with Crippen molar-refractivity contribution in [2.45, 2.75) is 13.8 Å². The number of anilines is 1. The topological polar surface area (TPSA) is 12.5 Å². The third-order valence-electron chi connectivity index (χ3n) is 2.28. The zero-order valence-electron chi connectivity index (χ0n) is 9.37. The van der Waals surface area contributed by atoms with Crippen LogP contribution in [-0.2, 0) is 4.74 Å². The molecule has 0 fully saturated rings. The van der Waals surface area contributed by atoms with E-state index in [2.05, 4.69) is 52.0 Å². The van der Waals surface area contributed by atoms with Crippen molar-refractivity contribution >= 4 is 21.6 Å². The van der Waals surface area contributed by atoms with E-state index in [0.29, 0.717) is 0 Å². The molecule has 0 spiro atoms. The van der Waals surface area contributed by atoms with Crippen molar-refractivity contribution < 1.29 is 4.74 Å². The first-order valence-corrected chi connectivity index (χ1v) is 6.15. The normalized spacial score (nSPS) is 10.3. The van der Waals surface area contributed by atoms with Crippen LogP contribution < -0.4 is 4.90 Å². The molecule has 0 aromatic heterocycles. The molecule has 0 atom stereocenters. The van der Waals surface area contributed by atoms with Crippen LogP contribution in [0.15, 0.2) is 28.7 Å². The van der Waals surface area contributed by atoms with Crippen LogP contribution in [0.2, 0.25) is 0 Å². The van der Waals surface area contributed by atoms with Gasteiger partial charge in [0, 0.05) is 29.9 Å². The van der Waals surface area contributed by atoms with Gasteiger partial charge in [-0.1, -0.05) is 15.9 Å². The monoisotopic (exact) mass is 271 g/mol. The summed E-state index contributed by atoms with van der Waals surface area (Å²) in [6, 6.07) is 8.39. The quantitative estimate of drug-likeness (QED) is 0.737. The van der Waals surface area contributed by atoms with Crippen LogP contribution in [0.3, 0.4) is 0 Å². The Kier molecular flexibility index (Phi) is 5.73. The van der Waals surface area contributed by atoms with E-state index in [9.17, 15) is 0 Å². The Morgan fingerprint density at radius 1 is 1.20 bits per heavy atom. The van der Waals surface area contributed by atoms with E-state index in [1.807, 2.05) is 6.92 Å². The summed E-state index contributed by atoms with van der Waals surface area (Å²) in [5.41, 5.74) is 1.25. The van der Waals surface area contributed by atoms with Crippen molar-refractivity contribution in [2.75, 3.05) is 31.2 Å². The lowest BCUT2D eigenvalue weighted by molar-refractivity contribution is 0.154. The van der Waals surface area contributed by atoms with Gasteiger partial charge in [0.05, 0.1) is 6.61 Å². The number of nitrogens with zero attached hydrogens (tertiary/aromatic N) is 1. The van der Waals surface area contributed by atoms with Crippen LogP contribution in [0.1, 0.15) is 13.8 Å². The Morgan fingerprint density at radius 2 is 1.87 bits per heavy atom. The van der Waals surface area contributed by atoms with Crippen molar-refractivity contribution in [1.29, 1.82) is 0 Å². The molecule has 0 unspecified atom stereocenters. The van der Waals surface area contributed by atoms with Gasteiger partial charge in [-0.25, -0.2) is 0 Å². The summed E-state index contributed by atoms with van der Waals surface area (Å²) in [7, 11) is 0. The van der Waals surface area contributed by atoms with Crippen molar-refractivity contribution in [3.05, 3.63) is 28.7 Å². The van der Waals surface area contributed by atoms with Gasteiger partial charge in [-0.2, -0.15) is 0 Å². The van der Waals surface area contributed by atoms with Gasteiger partial charge in [-0.15, -0.1) is 0 Å². The molecule has 0 aliphatic heterocycles. The molecule has 0 radical (unpaired) electrons. The van der Waals surface area contributed by atoms with Crippen LogP contribution in [0.4, 0.5) is 5.69 Å². The lowest BCUT2D eigenvalue weighted by atomic mass is 10.3. The Labute approximate surface area is 100 Å². The molecule has 0 N–H and O–H groups in total. The average molecular weight is 272 g/mol. The number of benzene rings is 1. The Bertz CT molecular complexity index is 273. The second-order valence-corrected chi connectivity index (χ2v) is 4.17. The average Bonchev–Trinajstić information content (AvgIpc) is 2.26. The summed E-state index contributed by atoms with van der Waals surface area (Å²) in [6.45, 7) is 7.73. The first-order chi connectivity index (χ1) is 7.27. The predicted octanol–water partition coefficient (Wildman–Crippen LogP) is 3.31. The lowest BCUT2D eigenvalue weighted by Gasteiger charge is -2.22. The summed E-state index contributed by atoms with van der Waals surface area (Å²) in [6.07, 6.45) is 0. The van der Waals surface area contributed by atoms with Crippen LogP contribution in [0.5, 0.6) is 0 Å². The summed E-state index contributed by atoms with van der Waals surface area (Å²) >= 11 is 3.44. The fourth-order valence-corrected chi connectivity index (χ4v) is 1.71. The highest BCUT2D eigenvalue weighted by Crippen LogP contribution is 2.17. The fraction of sp³-hybridized carbons (Fsp3) is 0.500. The molecule has 0 heterocycles. The Morgan fingerprint density at radius 3 is 2.40 bits per heavy atom. The van der Waals surface area contributed by atoms with Crippen LogP contribution in [-0.4, -0.2) is 26.3 Å². The van der Waals surface area contributed by atoms with Crippen molar-refractivity contribution in [3.8, 4) is 0 Å². The second-order valence-electron chi connectivity index (χ2n) is 3.25. The van der Waals surface area contributed by atoms with Gasteiger partial charge in [0.2, 0.25) is 0 Å². The molecule has 3 heteroatoms. The molecule has 15 heavy (non-hydrogen) atoms. The largest absolute Gasteiger partial charge is 0.380 e. The summed E-state index contributed by atoms with van der Waals surface area (Å²) in [5, 5.41) is 0. The highest BCUT2D eigenvalue weighted by molar-refractivity contribution is 9.10. The van der Waals surface area contributed by atoms with E-state index in [0.717, 1.165) is 30.8 Å². The smallest absolute Gasteiger partial charge is 0.0641 e. The maximum Gasteiger partial charge on any atom is 0.0641 e. The molecule has 84 valence electrons. The van der Waals surface area contributed by atoms with Crippen LogP contribution >= 0.6 is 15.9 Å². The molecule has 0 saturated heterocycles. The predicted molar refractivity (Wildman–Crippen MR) is 68.5 cm³/mol. The van der Waals surface area contributed by atoms with E-state index in [-0.39, 0.29) is 0 Å². The van der Waals surface area contributed by atoms with Gasteiger partial charge >= 0.3 is 0 Å². The maximum atomic E-state index is 5.36. The standard InChI is InChI=1S/C12H18BrNO/c1-3-14(9-10-15-4-2)12-7-5-11(13)6-8-12/h5-8H,3-4,9-10H2,1-2H3. The number of ether oxygens (including phenoxy) is 1. The minimum absolute atomic E-state index is 0.790. The number of likely N-dealkylation sites (N-methyl/N-ethyl adjacent to an activating group) is 1. The second kappa shape index (κ2) is 6.85. The van der Waals surface area contributed by atoms with Crippen molar-refractivity contribution in [1.82, 2.24) is 0 Å². The van der Waals surface area contributed by atoms with Crippen LogP contribution in [0.25, 0.3) is 0 Å². The highest BCUT2D eigenvalue weighted by atomic mass is 79.9. The fourth-order valence-electron chi connectivity index (χ4n) is 1.44. The Hall–Kier alpha value is -0.540. The third-order valence-corrected chi connectivity index (χ3v) is 2.81. The number of hydrogen-bond acceptors (Lipinski definition) is 2. The first kappa shape index (κ1) is 12.5. The molecule has 2 nitrogen and oxygen atoms in total. The molecular weight excluding hydrogens is 254 g/mol. The number of hydrogen-bond donors (Lipinski definition) is 0. The van der Waals surface area contributed by atoms with Crippen LogP contribution in [0, 0.1) is 0 Å². The van der Waals surface area contributed by atoms with E-state index in [1.54, 1.807) is 0 Å². The molecule has 0 amide bonds. The molecule has 0 aliphatic rings. The molecular formula is C12H18BrNO. The number of halogens is 1. The molecule has 1 aromatic carbocycles. The van der Waals surface area contributed by atoms with E-state index in [4.69, 9.17) is 4.74 Å². The highest BCUT2D eigenvalue weighted by Gasteiger charge is 2.02. The summed E-state index contributed by atoms with van der Waals surface area (Å²) < 4.78 is 6.48. The van der Waals surface area contributed by atoms with Gasteiger partial charge in [-0.05, 0) is 38.1 Å². The molecule has 0 saturated carbocycles. The van der Waals surface area contributed by atoms with Gasteiger partial charge in [-0.3, -0.25) is 0 Å².